The summed E-state index contributed by atoms with van der Waals surface area (Å²) in [5.41, 5.74) is 5.32. The van der Waals surface area contributed by atoms with E-state index in [0.29, 0.717) is 6.42 Å². The van der Waals surface area contributed by atoms with Crippen molar-refractivity contribution in [1.29, 1.82) is 0 Å². The lowest BCUT2D eigenvalue weighted by Gasteiger charge is -2.51. The first-order valence-corrected chi connectivity index (χ1v) is 6.89. The second kappa shape index (κ2) is 5.46. The zero-order valence-electron chi connectivity index (χ0n) is 12.0. The predicted molar refractivity (Wildman–Crippen MR) is 71.2 cm³/mol. The molecule has 0 saturated carbocycles. The third kappa shape index (κ3) is 2.77. The molecule has 1 saturated heterocycles. The van der Waals surface area contributed by atoms with Gasteiger partial charge in [0.05, 0.1) is 24.5 Å². The average molecular weight is 291 g/mol. The molecule has 1 aliphatic heterocycles. The molecule has 1 heterocycles. The number of nitrogens with two attached hydrogens (primary N) is 1. The minimum Gasteiger partial charge on any atom is -0.549 e. The maximum absolute atomic E-state index is 11.7. The van der Waals surface area contributed by atoms with Crippen molar-refractivity contribution in [3.63, 3.8) is 0 Å². The highest BCUT2D eigenvalue weighted by molar-refractivity contribution is 5.73. The summed E-state index contributed by atoms with van der Waals surface area (Å²) in [6, 6.07) is 8.47. The molecule has 1 amide bonds. The van der Waals surface area contributed by atoms with E-state index in [1.54, 1.807) is 0 Å². The van der Waals surface area contributed by atoms with Gasteiger partial charge in [0.15, 0.2) is 0 Å². The number of amides is 1. The minimum absolute atomic E-state index is 0.131. The molecule has 1 aliphatic rings. The SMILES string of the molecule is CC1(C(=O)[O-])C[N+](Cc2ccccc2)(C(=O)[O-])CCC1N. The average Bonchev–Trinajstić information content (AvgIpc) is 2.44. The molecule has 1 aromatic rings. The van der Waals surface area contributed by atoms with Crippen LogP contribution in [0.5, 0.6) is 0 Å². The summed E-state index contributed by atoms with van der Waals surface area (Å²) in [7, 11) is 0. The van der Waals surface area contributed by atoms with Crippen LogP contribution in [0, 0.1) is 5.41 Å². The zero-order valence-corrected chi connectivity index (χ0v) is 12.0. The largest absolute Gasteiger partial charge is 0.549 e. The lowest BCUT2D eigenvalue weighted by atomic mass is 9.76. The van der Waals surface area contributed by atoms with Crippen molar-refractivity contribution in [2.75, 3.05) is 13.1 Å². The molecule has 114 valence electrons. The number of aliphatic carboxylic acids is 1. The number of carbonyl (C=O) groups is 2. The predicted octanol–water partition coefficient (Wildman–Crippen LogP) is -1.17. The van der Waals surface area contributed by atoms with Crippen molar-refractivity contribution in [2.24, 2.45) is 11.1 Å². The van der Waals surface area contributed by atoms with Gasteiger partial charge in [0.1, 0.15) is 6.54 Å². The minimum atomic E-state index is -1.38. The number of carboxylic acid groups (broad SMARTS) is 2. The summed E-state index contributed by atoms with van der Waals surface area (Å²) in [5.74, 6) is -1.31. The summed E-state index contributed by atoms with van der Waals surface area (Å²) in [6.45, 7) is 1.75. The lowest BCUT2D eigenvalue weighted by molar-refractivity contribution is -0.899. The Balaban J connectivity index is 2.35. The standard InChI is InChI=1S/C15H20N2O4/c1-15(13(18)19)10-17(14(20)21,8-7-12(15)16)9-11-5-3-2-4-6-11/h2-6,12H,7-10,16H2,1H3,(H-,18,19,20,21)/p-1. The van der Waals surface area contributed by atoms with Gasteiger partial charge in [-0.1, -0.05) is 30.3 Å². The fourth-order valence-corrected chi connectivity index (χ4v) is 3.03. The maximum Gasteiger partial charge on any atom is 0.257 e. The van der Waals surface area contributed by atoms with E-state index in [9.17, 15) is 19.8 Å². The third-order valence-electron chi connectivity index (χ3n) is 4.50. The van der Waals surface area contributed by atoms with Crippen LogP contribution in [0.25, 0.3) is 0 Å². The summed E-state index contributed by atoms with van der Waals surface area (Å²) in [6.07, 6.45) is -0.983. The van der Waals surface area contributed by atoms with Gasteiger partial charge in [-0.25, -0.2) is 0 Å². The third-order valence-corrected chi connectivity index (χ3v) is 4.50. The molecular formula is C15H19N2O4-. The van der Waals surface area contributed by atoms with Gasteiger partial charge in [-0.2, -0.15) is 0 Å². The van der Waals surface area contributed by atoms with Crippen molar-refractivity contribution in [3.05, 3.63) is 35.9 Å². The number of hydrogen-bond donors (Lipinski definition) is 1. The van der Waals surface area contributed by atoms with Crippen LogP contribution >= 0.6 is 0 Å². The molecule has 21 heavy (non-hydrogen) atoms. The number of hydrogen-bond acceptors (Lipinski definition) is 5. The molecule has 0 aliphatic carbocycles. The summed E-state index contributed by atoms with van der Waals surface area (Å²) in [4.78, 5) is 23.1. The van der Waals surface area contributed by atoms with E-state index in [1.807, 2.05) is 30.3 Å². The molecule has 0 aromatic heterocycles. The molecule has 3 unspecified atom stereocenters. The van der Waals surface area contributed by atoms with Crippen molar-refractivity contribution < 1.29 is 24.3 Å². The molecule has 0 spiro atoms. The fraction of sp³-hybridized carbons (Fsp3) is 0.467. The zero-order chi connectivity index (χ0) is 15.7. The first kappa shape index (κ1) is 15.5. The highest BCUT2D eigenvalue weighted by atomic mass is 16.4. The molecule has 6 nitrogen and oxygen atoms in total. The van der Waals surface area contributed by atoms with Crippen LogP contribution in [0.4, 0.5) is 4.79 Å². The number of likely N-dealkylation sites (tertiary alicyclic amines) is 1. The van der Waals surface area contributed by atoms with Gasteiger partial charge in [-0.3, -0.25) is 4.48 Å². The highest BCUT2D eigenvalue weighted by Gasteiger charge is 2.49. The second-order valence-electron chi connectivity index (χ2n) is 6.04. The van der Waals surface area contributed by atoms with E-state index in [2.05, 4.69) is 0 Å². The van der Waals surface area contributed by atoms with Crippen LogP contribution in [0.15, 0.2) is 30.3 Å². The topological polar surface area (TPSA) is 106 Å². The molecule has 1 aromatic carbocycles. The monoisotopic (exact) mass is 291 g/mol. The van der Waals surface area contributed by atoms with Crippen molar-refractivity contribution >= 4 is 12.1 Å². The number of carboxylic acids is 1. The summed E-state index contributed by atoms with van der Waals surface area (Å²) >= 11 is 0. The number of rotatable bonds is 3. The van der Waals surface area contributed by atoms with Gasteiger partial charge in [0.25, 0.3) is 6.09 Å². The van der Waals surface area contributed by atoms with E-state index in [1.165, 1.54) is 6.92 Å². The number of carbonyl (C=O) groups excluding carboxylic acids is 2. The molecule has 0 bridgehead atoms. The van der Waals surface area contributed by atoms with Gasteiger partial charge < -0.3 is 25.5 Å². The molecule has 6 heteroatoms. The van der Waals surface area contributed by atoms with Crippen LogP contribution < -0.4 is 15.9 Å². The number of piperidine rings is 1. The van der Waals surface area contributed by atoms with Gasteiger partial charge in [-0.05, 0) is 6.92 Å². The molecule has 2 N–H and O–H groups in total. The maximum atomic E-state index is 11.7. The van der Waals surface area contributed by atoms with Crippen molar-refractivity contribution in [1.82, 2.24) is 0 Å². The molecule has 3 atom stereocenters. The normalized spacial score (nSPS) is 32.6. The molecular weight excluding hydrogens is 272 g/mol. The first-order chi connectivity index (χ1) is 9.80. The summed E-state index contributed by atoms with van der Waals surface area (Å²) < 4.78 is -0.442. The van der Waals surface area contributed by atoms with Gasteiger partial charge in [0, 0.05) is 18.0 Å². The Kier molecular flexibility index (Phi) is 4.02. The Morgan fingerprint density at radius 1 is 1.33 bits per heavy atom. The number of benzene rings is 1. The second-order valence-corrected chi connectivity index (χ2v) is 6.04. The Hall–Kier alpha value is -1.92. The lowest BCUT2D eigenvalue weighted by Crippen LogP contribution is -2.71. The molecule has 2 rings (SSSR count). The van der Waals surface area contributed by atoms with Gasteiger partial charge in [-0.15, -0.1) is 0 Å². The number of nitrogens with zero attached hydrogens (tertiary/aromatic N) is 1. The smallest absolute Gasteiger partial charge is 0.257 e. The first-order valence-electron chi connectivity index (χ1n) is 6.89. The van der Waals surface area contributed by atoms with E-state index in [4.69, 9.17) is 5.73 Å². The van der Waals surface area contributed by atoms with Crippen molar-refractivity contribution in [3.8, 4) is 0 Å². The van der Waals surface area contributed by atoms with E-state index < -0.39 is 28.0 Å². The Morgan fingerprint density at radius 2 is 1.95 bits per heavy atom. The van der Waals surface area contributed by atoms with Crippen LogP contribution in [-0.4, -0.2) is 35.7 Å². The van der Waals surface area contributed by atoms with E-state index in [0.717, 1.165) is 5.56 Å². The van der Waals surface area contributed by atoms with Crippen LogP contribution in [0.3, 0.4) is 0 Å². The Labute approximate surface area is 123 Å². The molecule has 1 fully saturated rings. The van der Waals surface area contributed by atoms with Gasteiger partial charge >= 0.3 is 0 Å². The number of quaternary nitrogens is 1. The van der Waals surface area contributed by atoms with E-state index >= 15 is 0 Å². The van der Waals surface area contributed by atoms with Crippen LogP contribution in [-0.2, 0) is 11.3 Å². The van der Waals surface area contributed by atoms with Crippen LogP contribution in [0.1, 0.15) is 18.9 Å². The van der Waals surface area contributed by atoms with E-state index in [-0.39, 0.29) is 19.6 Å². The van der Waals surface area contributed by atoms with Crippen LogP contribution in [0.2, 0.25) is 0 Å². The Bertz CT molecular complexity index is 548. The summed E-state index contributed by atoms with van der Waals surface area (Å²) in [5, 5.41) is 23.1. The van der Waals surface area contributed by atoms with Crippen molar-refractivity contribution in [2.45, 2.75) is 25.9 Å². The molecule has 0 radical (unpaired) electrons. The highest BCUT2D eigenvalue weighted by Crippen LogP contribution is 2.34. The fourth-order valence-electron chi connectivity index (χ4n) is 3.03. The Morgan fingerprint density at radius 3 is 2.48 bits per heavy atom. The van der Waals surface area contributed by atoms with Gasteiger partial charge in [0.2, 0.25) is 0 Å². The quantitative estimate of drug-likeness (QED) is 0.707.